The van der Waals surface area contributed by atoms with Gasteiger partial charge in [-0.05, 0) is 18.6 Å². The summed E-state index contributed by atoms with van der Waals surface area (Å²) < 4.78 is 0. The molecule has 114 valence electrons. The van der Waals surface area contributed by atoms with Crippen LogP contribution in [-0.2, 0) is 4.79 Å². The highest BCUT2D eigenvalue weighted by Crippen LogP contribution is 2.32. The van der Waals surface area contributed by atoms with E-state index in [9.17, 15) is 4.79 Å². The van der Waals surface area contributed by atoms with E-state index in [-0.39, 0.29) is 11.9 Å². The number of likely N-dealkylation sites (N-methyl/N-ethyl adjacent to an activating group) is 1. The van der Waals surface area contributed by atoms with E-state index in [2.05, 4.69) is 9.97 Å². The molecule has 3 rings (SSSR count). The molecule has 1 aromatic carbocycles. The van der Waals surface area contributed by atoms with Gasteiger partial charge >= 0.3 is 0 Å². The van der Waals surface area contributed by atoms with Gasteiger partial charge in [0, 0.05) is 13.6 Å². The van der Waals surface area contributed by atoms with Gasteiger partial charge in [0.25, 0.3) is 0 Å². The van der Waals surface area contributed by atoms with Crippen LogP contribution in [0.15, 0.2) is 36.8 Å². The molecule has 0 N–H and O–H groups in total. The highest BCUT2D eigenvalue weighted by atomic mass is 35.5. The van der Waals surface area contributed by atoms with E-state index in [0.29, 0.717) is 28.8 Å². The van der Waals surface area contributed by atoms with Gasteiger partial charge in [-0.3, -0.25) is 4.79 Å². The number of hydrogen-bond acceptors (Lipinski definition) is 4. The molecule has 1 amide bonds. The Morgan fingerprint density at radius 2 is 2.05 bits per heavy atom. The molecule has 0 spiro atoms. The van der Waals surface area contributed by atoms with Crippen molar-refractivity contribution in [3.05, 3.63) is 46.8 Å². The molecule has 1 fully saturated rings. The summed E-state index contributed by atoms with van der Waals surface area (Å²) in [6.45, 7) is 0.611. The number of hydrogen-bond donors (Lipinski definition) is 0. The minimum absolute atomic E-state index is 0.00900. The fraction of sp³-hybridized carbons (Fsp3) is 0.267. The molecule has 5 nitrogen and oxygen atoms in total. The van der Waals surface area contributed by atoms with Crippen LogP contribution in [0, 0.1) is 0 Å². The lowest BCUT2D eigenvalue weighted by atomic mass is 10.2. The van der Waals surface area contributed by atoms with E-state index in [1.165, 1.54) is 12.5 Å². The summed E-state index contributed by atoms with van der Waals surface area (Å²) in [5.41, 5.74) is 0.735. The van der Waals surface area contributed by atoms with Gasteiger partial charge < -0.3 is 9.80 Å². The summed E-state index contributed by atoms with van der Waals surface area (Å²) in [5.74, 6) is 0.543. The van der Waals surface area contributed by atoms with Crippen LogP contribution in [0.5, 0.6) is 0 Å². The van der Waals surface area contributed by atoms with Gasteiger partial charge in [-0.2, -0.15) is 0 Å². The predicted octanol–water partition coefficient (Wildman–Crippen LogP) is 3.03. The number of anilines is 2. The molecule has 0 radical (unpaired) electrons. The third-order valence-corrected chi connectivity index (χ3v) is 4.36. The Hall–Kier alpha value is -1.85. The van der Waals surface area contributed by atoms with E-state index in [1.54, 1.807) is 15.9 Å². The monoisotopic (exact) mass is 336 g/mol. The molecule has 1 aliphatic rings. The highest BCUT2D eigenvalue weighted by molar-refractivity contribution is 6.34. The van der Waals surface area contributed by atoms with Gasteiger partial charge in [0.05, 0.1) is 16.9 Å². The molecule has 2 aromatic rings. The van der Waals surface area contributed by atoms with Crippen molar-refractivity contribution >= 4 is 40.6 Å². The van der Waals surface area contributed by atoms with Crippen LogP contribution < -0.4 is 9.80 Å². The van der Waals surface area contributed by atoms with Crippen LogP contribution in [0.2, 0.25) is 10.0 Å². The summed E-state index contributed by atoms with van der Waals surface area (Å²) in [5, 5.41) is 0.994. The van der Waals surface area contributed by atoms with Crippen LogP contribution in [-0.4, -0.2) is 35.5 Å². The number of carbonyl (C=O) groups is 1. The van der Waals surface area contributed by atoms with Gasteiger partial charge in [0.1, 0.15) is 17.4 Å². The normalized spacial score (nSPS) is 17.9. The molecule has 2 heterocycles. The first-order chi connectivity index (χ1) is 10.6. The first-order valence-corrected chi connectivity index (χ1v) is 7.59. The maximum absolute atomic E-state index is 12.7. The van der Waals surface area contributed by atoms with Crippen molar-refractivity contribution < 1.29 is 4.79 Å². The molecule has 0 saturated carbocycles. The Morgan fingerprint density at radius 1 is 1.27 bits per heavy atom. The number of amides is 1. The topological polar surface area (TPSA) is 49.3 Å². The van der Waals surface area contributed by atoms with Crippen LogP contribution >= 0.6 is 23.2 Å². The fourth-order valence-corrected chi connectivity index (χ4v) is 3.12. The Morgan fingerprint density at radius 3 is 2.77 bits per heavy atom. The third kappa shape index (κ3) is 2.62. The molecule has 7 heteroatoms. The Bertz CT molecular complexity index is 709. The van der Waals surface area contributed by atoms with E-state index in [0.717, 1.165) is 5.69 Å². The minimum atomic E-state index is -0.316. The number of para-hydroxylation sites is 1. The van der Waals surface area contributed by atoms with Gasteiger partial charge in [-0.15, -0.1) is 0 Å². The van der Waals surface area contributed by atoms with Crippen molar-refractivity contribution in [2.45, 2.75) is 12.5 Å². The highest BCUT2D eigenvalue weighted by Gasteiger charge is 2.37. The summed E-state index contributed by atoms with van der Waals surface area (Å²) >= 11 is 12.3. The average Bonchev–Trinajstić information content (AvgIpc) is 2.89. The molecule has 1 aromatic heterocycles. The lowest BCUT2D eigenvalue weighted by Gasteiger charge is -2.25. The lowest BCUT2D eigenvalue weighted by molar-refractivity contribution is -0.118. The van der Waals surface area contributed by atoms with E-state index in [4.69, 9.17) is 23.2 Å². The van der Waals surface area contributed by atoms with Gasteiger partial charge in [0.15, 0.2) is 5.82 Å². The zero-order valence-corrected chi connectivity index (χ0v) is 13.4. The molecular formula is C15H14Cl2N4O. The Balaban J connectivity index is 1.85. The predicted molar refractivity (Wildman–Crippen MR) is 87.7 cm³/mol. The molecule has 1 unspecified atom stereocenters. The van der Waals surface area contributed by atoms with Crippen LogP contribution in [0.3, 0.4) is 0 Å². The SMILES string of the molecule is CN(c1ncncc1Cl)C1CCN(c2ccccc2Cl)C1=O. The smallest absolute Gasteiger partial charge is 0.249 e. The molecule has 0 aliphatic carbocycles. The summed E-state index contributed by atoms with van der Waals surface area (Å²) in [7, 11) is 1.81. The number of nitrogens with zero attached hydrogens (tertiary/aromatic N) is 4. The molecule has 22 heavy (non-hydrogen) atoms. The van der Waals surface area contributed by atoms with Crippen molar-refractivity contribution in [2.75, 3.05) is 23.4 Å². The van der Waals surface area contributed by atoms with E-state index >= 15 is 0 Å². The number of rotatable bonds is 3. The quantitative estimate of drug-likeness (QED) is 0.864. The van der Waals surface area contributed by atoms with E-state index < -0.39 is 0 Å². The van der Waals surface area contributed by atoms with Crippen LogP contribution in [0.25, 0.3) is 0 Å². The van der Waals surface area contributed by atoms with Crippen molar-refractivity contribution in [3.63, 3.8) is 0 Å². The van der Waals surface area contributed by atoms with E-state index in [1.807, 2.05) is 25.2 Å². The minimum Gasteiger partial charge on any atom is -0.346 e. The van der Waals surface area contributed by atoms with Crippen LogP contribution in [0.1, 0.15) is 6.42 Å². The van der Waals surface area contributed by atoms with Crippen molar-refractivity contribution in [2.24, 2.45) is 0 Å². The largest absolute Gasteiger partial charge is 0.346 e. The first-order valence-electron chi connectivity index (χ1n) is 6.84. The number of benzene rings is 1. The lowest BCUT2D eigenvalue weighted by Crippen LogP contribution is -2.40. The third-order valence-electron chi connectivity index (χ3n) is 3.77. The second-order valence-corrected chi connectivity index (χ2v) is 5.87. The summed E-state index contributed by atoms with van der Waals surface area (Å²) in [4.78, 5) is 24.2. The number of carbonyl (C=O) groups excluding carboxylic acids is 1. The maximum Gasteiger partial charge on any atom is 0.249 e. The maximum atomic E-state index is 12.7. The summed E-state index contributed by atoms with van der Waals surface area (Å²) in [6.07, 6.45) is 3.62. The van der Waals surface area contributed by atoms with Gasteiger partial charge in [-0.25, -0.2) is 9.97 Å². The first kappa shape index (κ1) is 15.1. The fourth-order valence-electron chi connectivity index (χ4n) is 2.65. The Labute approximate surface area is 138 Å². The van der Waals surface area contributed by atoms with Crippen molar-refractivity contribution in [3.8, 4) is 0 Å². The zero-order chi connectivity index (χ0) is 15.7. The molecule has 1 atom stereocenters. The van der Waals surface area contributed by atoms with Crippen molar-refractivity contribution in [1.82, 2.24) is 9.97 Å². The second-order valence-electron chi connectivity index (χ2n) is 5.05. The van der Waals surface area contributed by atoms with Gasteiger partial charge in [-0.1, -0.05) is 35.3 Å². The molecule has 1 aliphatic heterocycles. The standard InChI is InChI=1S/C15H14Cl2N4O/c1-20(14-11(17)8-18-9-19-14)13-6-7-21(15(13)22)12-5-3-2-4-10(12)16/h2-5,8-9,13H,6-7H2,1H3. The Kier molecular flexibility index (Phi) is 4.18. The molecule has 0 bridgehead atoms. The summed E-state index contributed by atoms with van der Waals surface area (Å²) in [6, 6.07) is 7.02. The number of halogens is 2. The molecular weight excluding hydrogens is 323 g/mol. The van der Waals surface area contributed by atoms with Gasteiger partial charge in [0.2, 0.25) is 5.91 Å². The zero-order valence-electron chi connectivity index (χ0n) is 11.9. The molecule has 1 saturated heterocycles. The number of aromatic nitrogens is 2. The van der Waals surface area contributed by atoms with Crippen molar-refractivity contribution in [1.29, 1.82) is 0 Å². The van der Waals surface area contributed by atoms with Crippen LogP contribution in [0.4, 0.5) is 11.5 Å². The average molecular weight is 337 g/mol. The second kappa shape index (κ2) is 6.10.